The second-order valence-electron chi connectivity index (χ2n) is 13.7. The molecule has 254 valence electrons. The monoisotopic (exact) mass is 680 g/mol. The number of carbonyl (C=O) groups excluding carboxylic acids is 2. The van der Waals surface area contributed by atoms with Gasteiger partial charge in [0, 0.05) is 51.5 Å². The van der Waals surface area contributed by atoms with Crippen LogP contribution in [0.1, 0.15) is 48.2 Å². The van der Waals surface area contributed by atoms with Gasteiger partial charge in [0.1, 0.15) is 29.9 Å². The molecule has 1 spiro atoms. The Bertz CT molecular complexity index is 2460. The van der Waals surface area contributed by atoms with Gasteiger partial charge in [-0.2, -0.15) is 0 Å². The maximum Gasteiger partial charge on any atom is 0.408 e. The molecule has 6 aromatic rings. The van der Waals surface area contributed by atoms with Crippen LogP contribution in [0, 0.1) is 5.92 Å². The number of hydrogen-bond donors (Lipinski definition) is 4. The van der Waals surface area contributed by atoms with E-state index < -0.39 is 35.7 Å². The first kappa shape index (κ1) is 29.6. The molecule has 0 fully saturated rings. The molecule has 4 aliphatic heterocycles. The molecule has 10 rings (SSSR count). The highest BCUT2D eigenvalue weighted by Gasteiger charge is 2.61. The van der Waals surface area contributed by atoms with E-state index in [0.717, 1.165) is 50.0 Å². The number of H-pyrrole nitrogens is 1. The average Bonchev–Trinajstić information content (AvgIpc) is 3.95. The van der Waals surface area contributed by atoms with Gasteiger partial charge in [0.25, 0.3) is 0 Å². The lowest BCUT2D eigenvalue weighted by molar-refractivity contribution is -0.124. The van der Waals surface area contributed by atoms with Crippen LogP contribution in [0.3, 0.4) is 0 Å². The molecule has 4 aliphatic rings. The van der Waals surface area contributed by atoms with Crippen LogP contribution in [0.5, 0.6) is 5.75 Å². The number of carbonyl (C=O) groups is 2. The Morgan fingerprint density at radius 3 is 2.82 bits per heavy atom. The topological polar surface area (TPSA) is 157 Å². The molecule has 3 aromatic carbocycles. The van der Waals surface area contributed by atoms with Crippen LogP contribution in [-0.4, -0.2) is 45.8 Å². The van der Waals surface area contributed by atoms with Gasteiger partial charge in [0.2, 0.25) is 17.7 Å². The van der Waals surface area contributed by atoms with Crippen molar-refractivity contribution >= 4 is 28.6 Å². The number of fused-ring (bicyclic) bond motifs is 7. The van der Waals surface area contributed by atoms with E-state index in [0.29, 0.717) is 23.0 Å². The molecule has 0 saturated carbocycles. The van der Waals surface area contributed by atoms with E-state index in [1.54, 1.807) is 6.20 Å². The minimum atomic E-state index is -1.05. The predicted molar refractivity (Wildman–Crippen MR) is 187 cm³/mol. The lowest BCUT2D eigenvalue weighted by Crippen LogP contribution is -2.49. The Kier molecular flexibility index (Phi) is 6.15. The van der Waals surface area contributed by atoms with Crippen LogP contribution < -0.4 is 20.7 Å². The van der Waals surface area contributed by atoms with Crippen molar-refractivity contribution in [1.29, 1.82) is 0 Å². The normalized spacial score (nSPS) is 21.9. The predicted octanol–water partition coefficient (Wildman–Crippen LogP) is 6.59. The molecule has 3 aromatic heterocycles. The standard InChI is InChI=1S/C39H32N6O6/c1-4-13-48-38(47)42-26-15-19-11-12-27-24(14-19)39-23-9-5-8-21(31(23)45-37(39)50-27)20-7-6-10-25-29(20)22(16-40-25)28-17-41-35(49-28)32-33(39)51-36(44-32)30(18(2)3)43-34(26)46/h4-12,14,16-18,26,30,37,40,45H,1,13,15H2,2-3H3,(H,42,47)(H,43,46)/t26-,30-,37?,39?/m0/s1. The van der Waals surface area contributed by atoms with E-state index in [1.807, 2.05) is 50.4 Å². The third-order valence-corrected chi connectivity index (χ3v) is 10.5. The molecule has 4 atom stereocenters. The quantitative estimate of drug-likeness (QED) is 0.151. The van der Waals surface area contributed by atoms with E-state index in [9.17, 15) is 9.59 Å². The Morgan fingerprint density at radius 1 is 1.10 bits per heavy atom. The molecule has 12 heteroatoms. The zero-order valence-corrected chi connectivity index (χ0v) is 27.7. The highest BCUT2D eigenvalue weighted by Crippen LogP contribution is 2.61. The summed E-state index contributed by atoms with van der Waals surface area (Å²) in [6.07, 6.45) is 3.95. The van der Waals surface area contributed by atoms with Crippen molar-refractivity contribution in [3.8, 4) is 39.8 Å². The fraction of sp³-hybridized carbons (Fsp3) is 0.231. The van der Waals surface area contributed by atoms with E-state index in [-0.39, 0.29) is 30.7 Å². The van der Waals surface area contributed by atoms with Gasteiger partial charge < -0.3 is 39.2 Å². The average molecular weight is 681 g/mol. The summed E-state index contributed by atoms with van der Waals surface area (Å²) >= 11 is 0. The highest BCUT2D eigenvalue weighted by atomic mass is 16.5. The summed E-state index contributed by atoms with van der Waals surface area (Å²) in [5.41, 5.74) is 6.69. The van der Waals surface area contributed by atoms with Crippen LogP contribution >= 0.6 is 0 Å². The Labute approximate surface area is 291 Å². The molecule has 4 N–H and O–H groups in total. The summed E-state index contributed by atoms with van der Waals surface area (Å²) in [4.78, 5) is 40.1. The fourth-order valence-electron chi connectivity index (χ4n) is 8.18. The molecule has 0 aliphatic carbocycles. The lowest BCUT2D eigenvalue weighted by atomic mass is 9.72. The Morgan fingerprint density at radius 2 is 1.96 bits per heavy atom. The van der Waals surface area contributed by atoms with Crippen molar-refractivity contribution in [2.75, 3.05) is 11.9 Å². The number of rotatable bonds is 4. The third kappa shape index (κ3) is 4.07. The number of nitrogens with zero attached hydrogens (tertiary/aromatic N) is 2. The van der Waals surface area contributed by atoms with Gasteiger partial charge in [-0.05, 0) is 29.2 Å². The summed E-state index contributed by atoms with van der Waals surface area (Å²) in [6, 6.07) is 16.7. The number of oxazole rings is 2. The number of alkyl carbamates (subject to hydrolysis) is 1. The number of nitrogens with one attached hydrogen (secondary N) is 4. The maximum atomic E-state index is 14.0. The van der Waals surface area contributed by atoms with Gasteiger partial charge in [-0.25, -0.2) is 14.8 Å². The van der Waals surface area contributed by atoms with E-state index in [2.05, 4.69) is 51.8 Å². The van der Waals surface area contributed by atoms with Crippen molar-refractivity contribution in [2.45, 2.75) is 44.0 Å². The van der Waals surface area contributed by atoms with E-state index in [1.165, 1.54) is 6.08 Å². The lowest BCUT2D eigenvalue weighted by Gasteiger charge is -2.28. The second kappa shape index (κ2) is 10.6. The Hall–Kier alpha value is -6.30. The van der Waals surface area contributed by atoms with Crippen molar-refractivity contribution in [2.24, 2.45) is 5.92 Å². The zero-order valence-electron chi connectivity index (χ0n) is 27.7. The number of hydrogen-bond acceptors (Lipinski definition) is 9. The molecule has 7 heterocycles. The number of ether oxygens (including phenoxy) is 2. The number of aromatic amines is 1. The first-order valence-electron chi connectivity index (χ1n) is 17.0. The fourth-order valence-corrected chi connectivity index (χ4v) is 8.18. The number of aromatic nitrogens is 3. The number of anilines is 1. The molecule has 51 heavy (non-hydrogen) atoms. The minimum absolute atomic E-state index is 0.00721. The molecule has 2 unspecified atom stereocenters. The van der Waals surface area contributed by atoms with Gasteiger partial charge in [-0.1, -0.05) is 69.0 Å². The molecular weight excluding hydrogens is 648 g/mol. The SMILES string of the molecule is C=CCOC(=O)N[C@H]1Cc2ccc3c(c2)C24c5cccc(c5NC2O3)-c2cccc3[nH]cc(c23)-c2cnc(o2)-c2nc(oc24)[C@H](C(C)C)NC1=O. The van der Waals surface area contributed by atoms with Gasteiger partial charge >= 0.3 is 6.09 Å². The molecule has 2 amide bonds. The van der Waals surface area contributed by atoms with Crippen molar-refractivity contribution < 1.29 is 27.9 Å². The summed E-state index contributed by atoms with van der Waals surface area (Å²) in [6.45, 7) is 7.56. The number of para-hydroxylation sites is 1. The largest absolute Gasteiger partial charge is 0.469 e. The van der Waals surface area contributed by atoms with Crippen LogP contribution in [0.15, 0.2) is 88.5 Å². The van der Waals surface area contributed by atoms with Gasteiger partial charge in [0.15, 0.2) is 23.4 Å². The zero-order chi connectivity index (χ0) is 34.6. The van der Waals surface area contributed by atoms with Crippen LogP contribution in [0.2, 0.25) is 0 Å². The van der Waals surface area contributed by atoms with E-state index >= 15 is 0 Å². The first-order chi connectivity index (χ1) is 24.8. The Balaban J connectivity index is 1.28. The van der Waals surface area contributed by atoms with Gasteiger partial charge in [-0.15, -0.1) is 0 Å². The second-order valence-corrected chi connectivity index (χ2v) is 13.7. The van der Waals surface area contributed by atoms with Crippen molar-refractivity contribution in [3.63, 3.8) is 0 Å². The highest BCUT2D eigenvalue weighted by molar-refractivity contribution is 6.07. The number of amides is 2. The van der Waals surface area contributed by atoms with E-state index in [4.69, 9.17) is 28.3 Å². The van der Waals surface area contributed by atoms with Gasteiger partial charge in [0.05, 0.1) is 6.20 Å². The van der Waals surface area contributed by atoms with Crippen molar-refractivity contribution in [1.82, 2.24) is 25.6 Å². The molecule has 0 saturated heterocycles. The summed E-state index contributed by atoms with van der Waals surface area (Å²) in [5.74, 6) is 1.71. The minimum Gasteiger partial charge on any atom is -0.469 e. The molecule has 10 bridgehead atoms. The van der Waals surface area contributed by atoms with Crippen LogP contribution in [0.4, 0.5) is 10.5 Å². The van der Waals surface area contributed by atoms with Crippen molar-refractivity contribution in [3.05, 3.63) is 108 Å². The smallest absolute Gasteiger partial charge is 0.408 e. The summed E-state index contributed by atoms with van der Waals surface area (Å²) in [7, 11) is 0. The van der Waals surface area contributed by atoms with Crippen LogP contribution in [0.25, 0.3) is 44.9 Å². The molecule has 0 radical (unpaired) electrons. The molecule has 12 nitrogen and oxygen atoms in total. The summed E-state index contributed by atoms with van der Waals surface area (Å²) in [5, 5.41) is 10.6. The summed E-state index contributed by atoms with van der Waals surface area (Å²) < 4.78 is 25.6. The maximum absolute atomic E-state index is 14.0. The first-order valence-corrected chi connectivity index (χ1v) is 17.0. The molecular formula is C39H32N6O6. The van der Waals surface area contributed by atoms with Gasteiger partial charge in [-0.3, -0.25) is 4.79 Å². The number of benzene rings is 3. The third-order valence-electron chi connectivity index (χ3n) is 10.5. The van der Waals surface area contributed by atoms with Crippen LogP contribution in [-0.2, 0) is 21.4 Å².